The second-order valence-corrected chi connectivity index (χ2v) is 6.62. The molecule has 4 aromatic rings. The highest BCUT2D eigenvalue weighted by atomic mass is 16.1. The number of aromatic nitrogens is 4. The van der Waals surface area contributed by atoms with E-state index in [0.717, 1.165) is 34.2 Å². The van der Waals surface area contributed by atoms with Gasteiger partial charge in [0, 0.05) is 5.39 Å². The van der Waals surface area contributed by atoms with Crippen molar-refractivity contribution in [2.24, 2.45) is 5.92 Å². The molecule has 0 aliphatic heterocycles. The first-order valence-corrected chi connectivity index (χ1v) is 8.85. The fourth-order valence-corrected chi connectivity index (χ4v) is 3.21. The van der Waals surface area contributed by atoms with Crippen LogP contribution in [0.1, 0.15) is 42.5 Å². The van der Waals surface area contributed by atoms with Crippen LogP contribution < -0.4 is 5.32 Å². The summed E-state index contributed by atoms with van der Waals surface area (Å²) < 4.78 is 0. The van der Waals surface area contributed by atoms with Crippen molar-refractivity contribution < 1.29 is 4.79 Å². The second kappa shape index (κ2) is 6.63. The first-order chi connectivity index (χ1) is 12.7. The number of carbonyl (C=O) groups excluding carboxylic acids is 1. The molecule has 0 aliphatic carbocycles. The maximum absolute atomic E-state index is 13.0. The number of fused-ring (bicyclic) bond motifs is 2. The predicted molar refractivity (Wildman–Crippen MR) is 102 cm³/mol. The van der Waals surface area contributed by atoms with Gasteiger partial charge in [0.05, 0.1) is 34.4 Å². The SMILES string of the molecule is CCC(C)C(NC(=O)c1cccc2cn[nH]c12)c1nc2ccccc2[nH]1. The van der Waals surface area contributed by atoms with Crippen LogP contribution in [0, 0.1) is 5.92 Å². The Morgan fingerprint density at radius 3 is 2.85 bits per heavy atom. The van der Waals surface area contributed by atoms with Crippen molar-refractivity contribution in [1.29, 1.82) is 0 Å². The van der Waals surface area contributed by atoms with Gasteiger partial charge in [0.1, 0.15) is 5.82 Å². The number of hydrogen-bond acceptors (Lipinski definition) is 3. The smallest absolute Gasteiger partial charge is 0.254 e. The molecule has 0 fully saturated rings. The second-order valence-electron chi connectivity index (χ2n) is 6.62. The van der Waals surface area contributed by atoms with Crippen LogP contribution in [0.4, 0.5) is 0 Å². The normalized spacial score (nSPS) is 13.8. The average molecular weight is 347 g/mol. The van der Waals surface area contributed by atoms with Crippen LogP contribution in [-0.2, 0) is 0 Å². The summed E-state index contributed by atoms with van der Waals surface area (Å²) >= 11 is 0. The van der Waals surface area contributed by atoms with Crippen molar-refractivity contribution in [2.75, 3.05) is 0 Å². The molecule has 2 atom stereocenters. The van der Waals surface area contributed by atoms with Crippen LogP contribution >= 0.6 is 0 Å². The Balaban J connectivity index is 1.69. The molecule has 2 unspecified atom stereocenters. The molecule has 0 bridgehead atoms. The number of aromatic amines is 2. The molecule has 2 heterocycles. The molecule has 6 heteroatoms. The number of carbonyl (C=O) groups is 1. The number of nitrogens with one attached hydrogen (secondary N) is 3. The third kappa shape index (κ3) is 2.83. The third-order valence-electron chi connectivity index (χ3n) is 4.92. The zero-order valence-electron chi connectivity index (χ0n) is 14.8. The number of amides is 1. The monoisotopic (exact) mass is 347 g/mol. The van der Waals surface area contributed by atoms with Gasteiger partial charge in [0.15, 0.2) is 0 Å². The number of H-pyrrole nitrogens is 2. The third-order valence-corrected chi connectivity index (χ3v) is 4.92. The minimum absolute atomic E-state index is 0.134. The van der Waals surface area contributed by atoms with Gasteiger partial charge in [0.25, 0.3) is 5.91 Å². The summed E-state index contributed by atoms with van der Waals surface area (Å²) in [6.07, 6.45) is 2.65. The Kier molecular flexibility index (Phi) is 4.16. The number of hydrogen-bond donors (Lipinski definition) is 3. The van der Waals surface area contributed by atoms with Gasteiger partial charge in [-0.05, 0) is 24.1 Å². The molecule has 0 spiro atoms. The summed E-state index contributed by atoms with van der Waals surface area (Å²) in [6, 6.07) is 13.3. The zero-order valence-corrected chi connectivity index (χ0v) is 14.8. The topological polar surface area (TPSA) is 86.5 Å². The van der Waals surface area contributed by atoms with Gasteiger partial charge in [-0.25, -0.2) is 4.98 Å². The summed E-state index contributed by atoms with van der Waals surface area (Å²) in [5.41, 5.74) is 3.21. The highest BCUT2D eigenvalue weighted by molar-refractivity contribution is 6.05. The Morgan fingerprint density at radius 2 is 2.04 bits per heavy atom. The molecular formula is C20H21N5O. The Bertz CT molecular complexity index is 1030. The van der Waals surface area contributed by atoms with E-state index in [-0.39, 0.29) is 17.9 Å². The van der Waals surface area contributed by atoms with E-state index in [1.54, 1.807) is 6.20 Å². The molecule has 2 aromatic heterocycles. The molecule has 0 radical (unpaired) electrons. The summed E-state index contributed by atoms with van der Waals surface area (Å²) in [5.74, 6) is 0.886. The minimum atomic E-state index is -0.196. The number of imidazole rings is 1. The quantitative estimate of drug-likeness (QED) is 0.511. The number of benzene rings is 2. The molecule has 4 rings (SSSR count). The molecule has 0 saturated carbocycles. The van der Waals surface area contributed by atoms with Gasteiger partial charge >= 0.3 is 0 Å². The largest absolute Gasteiger partial charge is 0.342 e. The van der Waals surface area contributed by atoms with Crippen LogP contribution in [0.15, 0.2) is 48.7 Å². The molecule has 3 N–H and O–H groups in total. The minimum Gasteiger partial charge on any atom is -0.342 e. The summed E-state index contributed by atoms with van der Waals surface area (Å²) in [7, 11) is 0. The van der Waals surface area contributed by atoms with Crippen molar-refractivity contribution >= 4 is 27.8 Å². The van der Waals surface area contributed by atoms with Crippen molar-refractivity contribution in [2.45, 2.75) is 26.3 Å². The van der Waals surface area contributed by atoms with Crippen molar-refractivity contribution in [3.8, 4) is 0 Å². The Hall–Kier alpha value is -3.15. The van der Waals surface area contributed by atoms with E-state index >= 15 is 0 Å². The number of rotatable bonds is 5. The molecule has 1 amide bonds. The van der Waals surface area contributed by atoms with E-state index in [9.17, 15) is 4.79 Å². The summed E-state index contributed by atoms with van der Waals surface area (Å²) in [5, 5.41) is 11.0. The standard InChI is InChI=1S/C20H21N5O/c1-3-12(2)17(19-22-15-9-4-5-10-16(15)23-19)24-20(26)14-8-6-7-13-11-21-25-18(13)14/h4-12,17H,3H2,1-2H3,(H,21,25)(H,22,23)(H,24,26). The lowest BCUT2D eigenvalue weighted by atomic mass is 9.98. The van der Waals surface area contributed by atoms with Crippen molar-refractivity contribution in [3.05, 3.63) is 60.0 Å². The van der Waals surface area contributed by atoms with Crippen molar-refractivity contribution in [3.63, 3.8) is 0 Å². The Morgan fingerprint density at radius 1 is 1.19 bits per heavy atom. The molecular weight excluding hydrogens is 326 g/mol. The van der Waals surface area contributed by atoms with E-state index < -0.39 is 0 Å². The predicted octanol–water partition coefficient (Wildman–Crippen LogP) is 3.96. The molecule has 0 aliphatic rings. The van der Waals surface area contributed by atoms with E-state index in [4.69, 9.17) is 4.98 Å². The summed E-state index contributed by atoms with van der Waals surface area (Å²) in [4.78, 5) is 21.0. The Labute approximate surface area is 151 Å². The maximum atomic E-state index is 13.0. The molecule has 132 valence electrons. The number of para-hydroxylation sites is 3. The maximum Gasteiger partial charge on any atom is 0.254 e. The van der Waals surface area contributed by atoms with Gasteiger partial charge < -0.3 is 10.3 Å². The molecule has 26 heavy (non-hydrogen) atoms. The fourth-order valence-electron chi connectivity index (χ4n) is 3.21. The molecule has 0 saturated heterocycles. The summed E-state index contributed by atoms with van der Waals surface area (Å²) in [6.45, 7) is 4.23. The fraction of sp³-hybridized carbons (Fsp3) is 0.250. The van der Waals surface area contributed by atoms with Crippen LogP contribution in [0.25, 0.3) is 21.9 Å². The molecule has 2 aromatic carbocycles. The van der Waals surface area contributed by atoms with Gasteiger partial charge in [-0.2, -0.15) is 5.10 Å². The number of nitrogens with zero attached hydrogens (tertiary/aromatic N) is 2. The van der Waals surface area contributed by atoms with Gasteiger partial charge in [-0.3, -0.25) is 9.89 Å². The lowest BCUT2D eigenvalue weighted by molar-refractivity contribution is 0.0922. The van der Waals surface area contributed by atoms with Crippen LogP contribution in [0.2, 0.25) is 0 Å². The van der Waals surface area contributed by atoms with Crippen molar-refractivity contribution in [1.82, 2.24) is 25.5 Å². The lowest BCUT2D eigenvalue weighted by Crippen LogP contribution is -2.33. The first-order valence-electron chi connectivity index (χ1n) is 8.85. The van der Waals surface area contributed by atoms with E-state index in [1.807, 2.05) is 42.5 Å². The van der Waals surface area contributed by atoms with E-state index in [0.29, 0.717) is 5.56 Å². The average Bonchev–Trinajstić information content (AvgIpc) is 3.31. The van der Waals surface area contributed by atoms with E-state index in [2.05, 4.69) is 34.3 Å². The van der Waals surface area contributed by atoms with Crippen LogP contribution in [0.3, 0.4) is 0 Å². The molecule has 6 nitrogen and oxygen atoms in total. The van der Waals surface area contributed by atoms with Crippen LogP contribution in [0.5, 0.6) is 0 Å². The zero-order chi connectivity index (χ0) is 18.1. The van der Waals surface area contributed by atoms with Gasteiger partial charge in [0.2, 0.25) is 0 Å². The highest BCUT2D eigenvalue weighted by Crippen LogP contribution is 2.26. The van der Waals surface area contributed by atoms with Gasteiger partial charge in [-0.15, -0.1) is 0 Å². The van der Waals surface area contributed by atoms with Crippen LogP contribution in [-0.4, -0.2) is 26.1 Å². The van der Waals surface area contributed by atoms with Gasteiger partial charge in [-0.1, -0.05) is 44.5 Å². The first kappa shape index (κ1) is 16.3. The highest BCUT2D eigenvalue weighted by Gasteiger charge is 2.25. The van der Waals surface area contributed by atoms with E-state index in [1.165, 1.54) is 0 Å². The lowest BCUT2D eigenvalue weighted by Gasteiger charge is -2.22.